The number of rotatable bonds is 8. The number of hydrogen-bond acceptors (Lipinski definition) is 3. The monoisotopic (exact) mass is 314 g/mol. The maximum Gasteiger partial charge on any atom is 0.243 e. The Hall–Kier alpha value is -0.980. The molecule has 0 heterocycles. The van der Waals surface area contributed by atoms with Crippen molar-refractivity contribution in [2.75, 3.05) is 19.6 Å². The van der Waals surface area contributed by atoms with Crippen LogP contribution >= 0.6 is 0 Å². The quantitative estimate of drug-likeness (QED) is 0.801. The van der Waals surface area contributed by atoms with Gasteiger partial charge in [0.1, 0.15) is 5.82 Å². The molecule has 118 valence electrons. The van der Waals surface area contributed by atoms with E-state index in [-0.39, 0.29) is 10.7 Å². The lowest BCUT2D eigenvalue weighted by Gasteiger charge is -2.20. The maximum atomic E-state index is 13.7. The van der Waals surface area contributed by atoms with Crippen molar-refractivity contribution in [2.45, 2.75) is 38.1 Å². The van der Waals surface area contributed by atoms with Gasteiger partial charge in [-0.3, -0.25) is 0 Å². The lowest BCUT2D eigenvalue weighted by Crippen LogP contribution is -2.33. The molecule has 2 rings (SSSR count). The molecule has 0 aromatic heterocycles. The minimum atomic E-state index is -3.53. The Morgan fingerprint density at radius 1 is 1.33 bits per heavy atom. The Bertz CT molecular complexity index is 585. The third kappa shape index (κ3) is 4.02. The zero-order valence-corrected chi connectivity index (χ0v) is 13.4. The van der Waals surface area contributed by atoms with Crippen LogP contribution in [-0.4, -0.2) is 32.4 Å². The standard InChI is InChI=1S/C15H23FN2O2S/c1-3-17-10-13-9-14(7-8-15(13)16)21(19,20)18(4-2)11-12-5-6-12/h7-9,12,17H,3-6,10-11H2,1-2H3. The summed E-state index contributed by atoms with van der Waals surface area (Å²) < 4.78 is 40.5. The van der Waals surface area contributed by atoms with Gasteiger partial charge >= 0.3 is 0 Å². The lowest BCUT2D eigenvalue weighted by molar-refractivity contribution is 0.412. The number of nitrogens with zero attached hydrogens (tertiary/aromatic N) is 1. The molecular formula is C15H23FN2O2S. The van der Waals surface area contributed by atoms with Crippen LogP contribution in [0.5, 0.6) is 0 Å². The summed E-state index contributed by atoms with van der Waals surface area (Å²) in [4.78, 5) is 0.180. The molecule has 4 nitrogen and oxygen atoms in total. The smallest absolute Gasteiger partial charge is 0.243 e. The normalized spacial score (nSPS) is 15.6. The second-order valence-electron chi connectivity index (χ2n) is 5.43. The van der Waals surface area contributed by atoms with Crippen molar-refractivity contribution < 1.29 is 12.8 Å². The summed E-state index contributed by atoms with van der Waals surface area (Å²) in [5, 5.41) is 3.02. The highest BCUT2D eigenvalue weighted by molar-refractivity contribution is 7.89. The van der Waals surface area contributed by atoms with Gasteiger partial charge in [-0.05, 0) is 43.5 Å². The largest absolute Gasteiger partial charge is 0.313 e. The van der Waals surface area contributed by atoms with Crippen LogP contribution in [-0.2, 0) is 16.6 Å². The maximum absolute atomic E-state index is 13.7. The molecule has 0 atom stereocenters. The number of benzene rings is 1. The Morgan fingerprint density at radius 2 is 2.05 bits per heavy atom. The van der Waals surface area contributed by atoms with Crippen LogP contribution in [0.15, 0.2) is 23.1 Å². The molecule has 1 N–H and O–H groups in total. The highest BCUT2D eigenvalue weighted by Gasteiger charge is 2.30. The van der Waals surface area contributed by atoms with E-state index >= 15 is 0 Å². The van der Waals surface area contributed by atoms with Crippen molar-refractivity contribution in [2.24, 2.45) is 5.92 Å². The van der Waals surface area contributed by atoms with E-state index in [1.54, 1.807) is 0 Å². The Balaban J connectivity index is 2.25. The number of nitrogens with one attached hydrogen (secondary N) is 1. The molecule has 1 aromatic rings. The predicted octanol–water partition coefficient (Wildman–Crippen LogP) is 2.36. The number of sulfonamides is 1. The van der Waals surface area contributed by atoms with Gasteiger partial charge in [-0.2, -0.15) is 4.31 Å². The molecule has 0 amide bonds. The Labute approximate surface area is 126 Å². The molecule has 1 aliphatic rings. The van der Waals surface area contributed by atoms with Gasteiger partial charge < -0.3 is 5.32 Å². The number of hydrogen-bond donors (Lipinski definition) is 1. The predicted molar refractivity (Wildman–Crippen MR) is 80.9 cm³/mol. The molecule has 1 fully saturated rings. The molecule has 6 heteroatoms. The first-order chi connectivity index (χ1) is 9.98. The second-order valence-corrected chi connectivity index (χ2v) is 7.37. The van der Waals surface area contributed by atoms with Crippen molar-refractivity contribution in [3.8, 4) is 0 Å². The first kappa shape index (κ1) is 16.4. The van der Waals surface area contributed by atoms with Gasteiger partial charge in [-0.1, -0.05) is 13.8 Å². The van der Waals surface area contributed by atoms with Crippen molar-refractivity contribution in [1.29, 1.82) is 0 Å². The summed E-state index contributed by atoms with van der Waals surface area (Å²) in [6.07, 6.45) is 2.20. The minimum Gasteiger partial charge on any atom is -0.313 e. The summed E-state index contributed by atoms with van der Waals surface area (Å²) in [5.41, 5.74) is 0.389. The molecule has 0 saturated heterocycles. The van der Waals surface area contributed by atoms with Crippen molar-refractivity contribution in [3.05, 3.63) is 29.6 Å². The second kappa shape index (κ2) is 6.85. The SMILES string of the molecule is CCNCc1cc(S(=O)(=O)N(CC)CC2CC2)ccc1F. The summed E-state index contributed by atoms with van der Waals surface area (Å²) >= 11 is 0. The molecule has 21 heavy (non-hydrogen) atoms. The Morgan fingerprint density at radius 3 is 2.62 bits per heavy atom. The van der Waals surface area contributed by atoms with Crippen LogP contribution in [0.25, 0.3) is 0 Å². The van der Waals surface area contributed by atoms with Gasteiger partial charge in [0.15, 0.2) is 0 Å². The van der Waals surface area contributed by atoms with E-state index in [4.69, 9.17) is 0 Å². The van der Waals surface area contributed by atoms with Gasteiger partial charge in [0.05, 0.1) is 4.90 Å². The van der Waals surface area contributed by atoms with Gasteiger partial charge in [-0.25, -0.2) is 12.8 Å². The molecular weight excluding hydrogens is 291 g/mol. The van der Waals surface area contributed by atoms with E-state index in [0.29, 0.717) is 37.7 Å². The zero-order valence-electron chi connectivity index (χ0n) is 12.6. The zero-order chi connectivity index (χ0) is 15.5. The van der Waals surface area contributed by atoms with E-state index in [0.717, 1.165) is 12.8 Å². The first-order valence-corrected chi connectivity index (χ1v) is 8.92. The van der Waals surface area contributed by atoms with Crippen molar-refractivity contribution >= 4 is 10.0 Å². The van der Waals surface area contributed by atoms with Crippen LogP contribution in [0.2, 0.25) is 0 Å². The van der Waals surface area contributed by atoms with Gasteiger partial charge in [0.2, 0.25) is 10.0 Å². The van der Waals surface area contributed by atoms with E-state index < -0.39 is 10.0 Å². The molecule has 1 aliphatic carbocycles. The third-order valence-corrected chi connectivity index (χ3v) is 5.67. The van der Waals surface area contributed by atoms with E-state index in [1.807, 2.05) is 13.8 Å². The summed E-state index contributed by atoms with van der Waals surface area (Å²) in [7, 11) is -3.53. The molecule has 0 unspecified atom stereocenters. The van der Waals surface area contributed by atoms with Crippen LogP contribution in [0, 0.1) is 11.7 Å². The first-order valence-electron chi connectivity index (χ1n) is 7.48. The van der Waals surface area contributed by atoms with E-state index in [1.165, 1.54) is 22.5 Å². The van der Waals surface area contributed by atoms with Gasteiger partial charge in [0, 0.05) is 25.2 Å². The average molecular weight is 314 g/mol. The van der Waals surface area contributed by atoms with E-state index in [9.17, 15) is 12.8 Å². The fourth-order valence-electron chi connectivity index (χ4n) is 2.24. The van der Waals surface area contributed by atoms with Crippen LogP contribution in [0.4, 0.5) is 4.39 Å². The average Bonchev–Trinajstić information content (AvgIpc) is 3.27. The van der Waals surface area contributed by atoms with Crippen LogP contribution in [0.3, 0.4) is 0 Å². The highest BCUT2D eigenvalue weighted by atomic mass is 32.2. The lowest BCUT2D eigenvalue weighted by atomic mass is 10.2. The molecule has 1 aromatic carbocycles. The number of halogens is 1. The van der Waals surface area contributed by atoms with Crippen LogP contribution in [0.1, 0.15) is 32.3 Å². The molecule has 0 spiro atoms. The summed E-state index contributed by atoms with van der Waals surface area (Å²) in [5.74, 6) is 0.113. The molecule has 1 saturated carbocycles. The van der Waals surface area contributed by atoms with E-state index in [2.05, 4.69) is 5.32 Å². The van der Waals surface area contributed by atoms with Crippen molar-refractivity contribution in [3.63, 3.8) is 0 Å². The van der Waals surface area contributed by atoms with Crippen LogP contribution < -0.4 is 5.32 Å². The fourth-order valence-corrected chi connectivity index (χ4v) is 3.82. The topological polar surface area (TPSA) is 49.4 Å². The van der Waals surface area contributed by atoms with Gasteiger partial charge in [0.25, 0.3) is 0 Å². The van der Waals surface area contributed by atoms with Gasteiger partial charge in [-0.15, -0.1) is 0 Å². The summed E-state index contributed by atoms with van der Waals surface area (Å²) in [6, 6.07) is 4.04. The molecule has 0 radical (unpaired) electrons. The fraction of sp³-hybridized carbons (Fsp3) is 0.600. The van der Waals surface area contributed by atoms with Crippen molar-refractivity contribution in [1.82, 2.24) is 9.62 Å². The Kier molecular flexibility index (Phi) is 5.35. The minimum absolute atomic E-state index is 0.180. The molecule has 0 bridgehead atoms. The third-order valence-electron chi connectivity index (χ3n) is 3.73. The highest BCUT2D eigenvalue weighted by Crippen LogP contribution is 2.31. The molecule has 0 aliphatic heterocycles. The summed E-state index contributed by atoms with van der Waals surface area (Å²) in [6.45, 7) is 5.81.